The van der Waals surface area contributed by atoms with Crippen LogP contribution in [0.1, 0.15) is 5.82 Å². The van der Waals surface area contributed by atoms with Crippen molar-refractivity contribution in [2.75, 3.05) is 21.3 Å². The van der Waals surface area contributed by atoms with Crippen molar-refractivity contribution in [1.29, 1.82) is 0 Å². The first-order chi connectivity index (χ1) is 14.1. The van der Waals surface area contributed by atoms with Crippen molar-refractivity contribution in [2.24, 2.45) is 0 Å². The van der Waals surface area contributed by atoms with Gasteiger partial charge >= 0.3 is 0 Å². The number of methoxy groups -OCH3 is 3. The van der Waals surface area contributed by atoms with Crippen LogP contribution < -0.4 is 19.8 Å². The van der Waals surface area contributed by atoms with Crippen LogP contribution in [0.5, 0.6) is 17.2 Å². The summed E-state index contributed by atoms with van der Waals surface area (Å²) in [5, 5.41) is 0. The van der Waals surface area contributed by atoms with E-state index < -0.39 is 0 Å². The highest BCUT2D eigenvalue weighted by Gasteiger charge is 2.19. The molecule has 29 heavy (non-hydrogen) atoms. The van der Waals surface area contributed by atoms with Crippen LogP contribution >= 0.6 is 0 Å². The topological polar surface area (TPSA) is 80.4 Å². The molecule has 0 unspecified atom stereocenters. The van der Waals surface area contributed by atoms with Gasteiger partial charge in [0, 0.05) is 17.8 Å². The van der Waals surface area contributed by atoms with Gasteiger partial charge in [-0.3, -0.25) is 13.9 Å². The maximum Gasteiger partial charge on any atom is 0.284 e. The summed E-state index contributed by atoms with van der Waals surface area (Å²) in [7, 11) is 4.59. The van der Waals surface area contributed by atoms with Crippen molar-refractivity contribution in [1.82, 2.24) is 19.1 Å². The largest absolute Gasteiger partial charge is 0.493 e. The number of rotatable bonds is 5. The van der Waals surface area contributed by atoms with Crippen LogP contribution in [0, 0.1) is 6.92 Å². The first-order valence-electron chi connectivity index (χ1n) is 8.91. The van der Waals surface area contributed by atoms with E-state index in [0.29, 0.717) is 39.9 Å². The van der Waals surface area contributed by atoms with Gasteiger partial charge in [-0.15, -0.1) is 0 Å². The monoisotopic (exact) mass is 392 g/mol. The highest BCUT2D eigenvalue weighted by molar-refractivity contribution is 5.73. The van der Waals surface area contributed by atoms with Crippen LogP contribution in [0.15, 0.2) is 53.6 Å². The van der Waals surface area contributed by atoms with Gasteiger partial charge in [0.1, 0.15) is 12.2 Å². The Bertz CT molecular complexity index is 1220. The third-order valence-corrected chi connectivity index (χ3v) is 4.69. The Balaban J connectivity index is 2.02. The molecular weight excluding hydrogens is 372 g/mol. The molecular formula is C21H20N4O4. The molecule has 0 spiro atoms. The molecule has 4 rings (SSSR count). The molecule has 0 radical (unpaired) electrons. The smallest absolute Gasteiger partial charge is 0.284 e. The molecule has 0 atom stereocenters. The molecule has 0 bridgehead atoms. The van der Waals surface area contributed by atoms with Gasteiger partial charge in [-0.05, 0) is 19.1 Å². The number of aryl methyl sites for hydroxylation is 1. The Morgan fingerprint density at radius 3 is 2.14 bits per heavy atom. The van der Waals surface area contributed by atoms with E-state index in [1.807, 2.05) is 30.3 Å². The molecule has 0 aliphatic heterocycles. The van der Waals surface area contributed by atoms with E-state index in [4.69, 9.17) is 14.2 Å². The van der Waals surface area contributed by atoms with Crippen molar-refractivity contribution in [3.63, 3.8) is 0 Å². The normalized spacial score (nSPS) is 10.9. The lowest BCUT2D eigenvalue weighted by Gasteiger charge is -2.16. The first kappa shape index (κ1) is 18.5. The summed E-state index contributed by atoms with van der Waals surface area (Å²) < 4.78 is 19.5. The summed E-state index contributed by atoms with van der Waals surface area (Å²) >= 11 is 0. The molecule has 148 valence electrons. The van der Waals surface area contributed by atoms with Crippen molar-refractivity contribution >= 4 is 11.2 Å². The Morgan fingerprint density at radius 1 is 0.897 bits per heavy atom. The lowest BCUT2D eigenvalue weighted by molar-refractivity contribution is 0.324. The summed E-state index contributed by atoms with van der Waals surface area (Å²) in [5.74, 6) is 1.84. The molecule has 2 aromatic carbocycles. The molecule has 0 saturated carbocycles. The highest BCUT2D eigenvalue weighted by Crippen LogP contribution is 2.39. The Hall–Kier alpha value is -3.81. The van der Waals surface area contributed by atoms with Gasteiger partial charge in [0.15, 0.2) is 22.7 Å². The molecule has 8 nitrogen and oxygen atoms in total. The zero-order chi connectivity index (χ0) is 20.5. The summed E-state index contributed by atoms with van der Waals surface area (Å²) in [6, 6.07) is 13.0. The molecule has 0 N–H and O–H groups in total. The fourth-order valence-corrected chi connectivity index (χ4v) is 3.36. The standard InChI is InChI=1S/C21H20N4O4/c1-13-23-20-18(24(12-22-20)14-8-6-5-7-9-14)21(26)25(13)15-10-16(27-2)19(29-4)17(11-15)28-3/h5-12H,1-4H3. The number of imidazole rings is 1. The predicted octanol–water partition coefficient (Wildman–Crippen LogP) is 2.91. The summed E-state index contributed by atoms with van der Waals surface area (Å²) in [6.45, 7) is 1.76. The number of aromatic nitrogens is 4. The molecule has 0 aliphatic rings. The molecule has 2 aromatic heterocycles. The van der Waals surface area contributed by atoms with Gasteiger partial charge in [-0.1, -0.05) is 18.2 Å². The number of benzene rings is 2. The second kappa shape index (κ2) is 7.31. The van der Waals surface area contributed by atoms with Crippen LogP contribution in [-0.2, 0) is 0 Å². The summed E-state index contributed by atoms with van der Waals surface area (Å²) in [6.07, 6.45) is 1.60. The van der Waals surface area contributed by atoms with E-state index in [0.717, 1.165) is 5.69 Å². The maximum atomic E-state index is 13.5. The van der Waals surface area contributed by atoms with E-state index in [1.165, 1.54) is 25.9 Å². The van der Waals surface area contributed by atoms with Crippen LogP contribution in [-0.4, -0.2) is 40.4 Å². The average Bonchev–Trinajstić information content (AvgIpc) is 3.17. The van der Waals surface area contributed by atoms with Crippen LogP contribution in [0.25, 0.3) is 22.5 Å². The number of ether oxygens (including phenoxy) is 3. The SMILES string of the molecule is COc1cc(-n2c(C)nc3ncn(-c4ccccc4)c3c2=O)cc(OC)c1OC. The average molecular weight is 392 g/mol. The number of hydrogen-bond acceptors (Lipinski definition) is 6. The quantitative estimate of drug-likeness (QED) is 0.520. The Labute approximate surface area is 166 Å². The van der Waals surface area contributed by atoms with E-state index in [2.05, 4.69) is 9.97 Å². The van der Waals surface area contributed by atoms with Gasteiger partial charge < -0.3 is 14.2 Å². The molecule has 0 saturated heterocycles. The van der Waals surface area contributed by atoms with Crippen molar-refractivity contribution in [2.45, 2.75) is 6.92 Å². The minimum Gasteiger partial charge on any atom is -0.493 e. The third-order valence-electron chi connectivity index (χ3n) is 4.69. The summed E-state index contributed by atoms with van der Waals surface area (Å²) in [5.41, 5.74) is 1.91. The molecule has 0 fully saturated rings. The summed E-state index contributed by atoms with van der Waals surface area (Å²) in [4.78, 5) is 22.4. The zero-order valence-corrected chi connectivity index (χ0v) is 16.5. The lowest BCUT2D eigenvalue weighted by atomic mass is 10.2. The molecule has 0 amide bonds. The van der Waals surface area contributed by atoms with Crippen LogP contribution in [0.2, 0.25) is 0 Å². The van der Waals surface area contributed by atoms with Gasteiger partial charge in [0.25, 0.3) is 5.56 Å². The van der Waals surface area contributed by atoms with Gasteiger partial charge in [0.2, 0.25) is 5.75 Å². The predicted molar refractivity (Wildman–Crippen MR) is 109 cm³/mol. The minimum absolute atomic E-state index is 0.247. The highest BCUT2D eigenvalue weighted by atomic mass is 16.5. The Kier molecular flexibility index (Phi) is 4.67. The van der Waals surface area contributed by atoms with Gasteiger partial charge in [-0.2, -0.15) is 0 Å². The van der Waals surface area contributed by atoms with Crippen molar-refractivity contribution in [3.8, 4) is 28.6 Å². The Morgan fingerprint density at radius 2 is 1.55 bits per heavy atom. The second-order valence-electron chi connectivity index (χ2n) is 6.31. The molecule has 0 aliphatic carbocycles. The van der Waals surface area contributed by atoms with E-state index in [9.17, 15) is 4.79 Å². The zero-order valence-electron chi connectivity index (χ0n) is 16.5. The minimum atomic E-state index is -0.247. The van der Waals surface area contributed by atoms with E-state index in [-0.39, 0.29) is 5.56 Å². The second-order valence-corrected chi connectivity index (χ2v) is 6.31. The van der Waals surface area contributed by atoms with E-state index >= 15 is 0 Å². The number of para-hydroxylation sites is 1. The van der Waals surface area contributed by atoms with Crippen LogP contribution in [0.4, 0.5) is 0 Å². The number of nitrogens with zero attached hydrogens (tertiary/aromatic N) is 4. The molecule has 2 heterocycles. The number of fused-ring (bicyclic) bond motifs is 1. The molecule has 8 heteroatoms. The number of hydrogen-bond donors (Lipinski definition) is 0. The van der Waals surface area contributed by atoms with Gasteiger partial charge in [-0.25, -0.2) is 9.97 Å². The van der Waals surface area contributed by atoms with E-state index in [1.54, 1.807) is 30.0 Å². The lowest BCUT2D eigenvalue weighted by Crippen LogP contribution is -2.24. The molecule has 4 aromatic rings. The van der Waals surface area contributed by atoms with Crippen molar-refractivity contribution in [3.05, 3.63) is 65.0 Å². The maximum absolute atomic E-state index is 13.5. The van der Waals surface area contributed by atoms with Crippen molar-refractivity contribution < 1.29 is 14.2 Å². The van der Waals surface area contributed by atoms with Crippen LogP contribution in [0.3, 0.4) is 0 Å². The fourth-order valence-electron chi connectivity index (χ4n) is 3.36. The first-order valence-corrected chi connectivity index (χ1v) is 8.91. The fraction of sp³-hybridized carbons (Fsp3) is 0.190. The van der Waals surface area contributed by atoms with Gasteiger partial charge in [0.05, 0.1) is 27.0 Å². The third kappa shape index (κ3) is 2.98.